The van der Waals surface area contributed by atoms with Crippen molar-refractivity contribution in [3.63, 3.8) is 0 Å². The summed E-state index contributed by atoms with van der Waals surface area (Å²) in [7, 11) is 1.90. The van der Waals surface area contributed by atoms with E-state index in [0.29, 0.717) is 18.0 Å². The van der Waals surface area contributed by atoms with E-state index in [1.807, 2.05) is 37.2 Å². The second-order valence-corrected chi connectivity index (χ2v) is 8.15. The maximum atomic E-state index is 13.2. The highest BCUT2D eigenvalue weighted by Gasteiger charge is 2.35. The zero-order valence-corrected chi connectivity index (χ0v) is 16.0. The van der Waals surface area contributed by atoms with Crippen LogP contribution >= 0.6 is 0 Å². The lowest BCUT2D eigenvalue weighted by atomic mass is 9.92. The van der Waals surface area contributed by atoms with Crippen LogP contribution in [0.25, 0.3) is 0 Å². The molecule has 1 aliphatic carbocycles. The normalized spacial score (nSPS) is 16.0. The van der Waals surface area contributed by atoms with Crippen LogP contribution in [0.15, 0.2) is 35.3 Å². The molecule has 2 aromatic rings. The smallest absolute Gasteiger partial charge is 0.291 e. The van der Waals surface area contributed by atoms with Gasteiger partial charge in [0.15, 0.2) is 5.49 Å². The molecule has 1 aromatic carbocycles. The summed E-state index contributed by atoms with van der Waals surface area (Å²) in [5, 5.41) is 0. The Balaban J connectivity index is 2.11. The molecular formula is C20H24F3N3O. The number of rotatable bonds is 3. The molecule has 1 fully saturated rings. The molecular weight excluding hydrogens is 355 g/mol. The number of carbonyl (C=O) groups is 1. The molecule has 0 N–H and O–H groups in total. The average Bonchev–Trinajstić information content (AvgIpc) is 3.32. The quantitative estimate of drug-likeness (QED) is 0.784. The van der Waals surface area contributed by atoms with E-state index in [-0.39, 0.29) is 5.41 Å². The van der Waals surface area contributed by atoms with E-state index in [1.165, 1.54) is 18.2 Å². The summed E-state index contributed by atoms with van der Waals surface area (Å²) >= 11 is 0. The van der Waals surface area contributed by atoms with E-state index in [1.54, 1.807) is 6.07 Å². The van der Waals surface area contributed by atoms with E-state index in [0.717, 1.165) is 24.6 Å². The van der Waals surface area contributed by atoms with Crippen molar-refractivity contribution in [2.24, 2.45) is 18.0 Å². The highest BCUT2D eigenvalue weighted by atomic mass is 19.4. The van der Waals surface area contributed by atoms with Crippen LogP contribution in [0.5, 0.6) is 0 Å². The van der Waals surface area contributed by atoms with Crippen molar-refractivity contribution in [2.75, 3.05) is 0 Å². The fourth-order valence-corrected chi connectivity index (χ4v) is 3.21. The Hall–Kier alpha value is -2.31. The SMILES string of the molecule is Cn1c(C(C)(C)C)c/c(=N\C(=O)c2ccccc2C(F)(F)F)n1CC1CC1. The van der Waals surface area contributed by atoms with Crippen LogP contribution in [0.2, 0.25) is 0 Å². The summed E-state index contributed by atoms with van der Waals surface area (Å²) in [6, 6.07) is 6.57. The lowest BCUT2D eigenvalue weighted by Crippen LogP contribution is -2.26. The van der Waals surface area contributed by atoms with E-state index in [4.69, 9.17) is 0 Å². The maximum Gasteiger partial charge on any atom is 0.417 e. The first-order valence-electron chi connectivity index (χ1n) is 9.01. The molecule has 0 spiro atoms. The molecule has 1 amide bonds. The zero-order chi connectivity index (χ0) is 20.0. The van der Waals surface area contributed by atoms with E-state index in [2.05, 4.69) is 4.99 Å². The van der Waals surface area contributed by atoms with Crippen molar-refractivity contribution in [1.29, 1.82) is 0 Å². The first-order valence-corrected chi connectivity index (χ1v) is 9.01. The van der Waals surface area contributed by atoms with Crippen LogP contribution < -0.4 is 5.49 Å². The third kappa shape index (κ3) is 4.17. The van der Waals surface area contributed by atoms with Crippen molar-refractivity contribution in [3.8, 4) is 0 Å². The molecule has 0 unspecified atom stereocenters. The van der Waals surface area contributed by atoms with Gasteiger partial charge in [-0.05, 0) is 30.9 Å². The predicted octanol–water partition coefficient (Wildman–Crippen LogP) is 4.29. The fraction of sp³-hybridized carbons (Fsp3) is 0.500. The van der Waals surface area contributed by atoms with Gasteiger partial charge >= 0.3 is 6.18 Å². The Bertz CT molecular complexity index is 925. The number of nitrogens with zero attached hydrogens (tertiary/aromatic N) is 3. The molecule has 4 nitrogen and oxygen atoms in total. The molecule has 1 heterocycles. The Morgan fingerprint density at radius 1 is 1.19 bits per heavy atom. The van der Waals surface area contributed by atoms with Gasteiger partial charge in [-0.15, -0.1) is 0 Å². The van der Waals surface area contributed by atoms with E-state index in [9.17, 15) is 18.0 Å². The van der Waals surface area contributed by atoms with Crippen LogP contribution in [0, 0.1) is 5.92 Å². The first-order chi connectivity index (χ1) is 12.5. The number of halogens is 3. The number of benzene rings is 1. The highest BCUT2D eigenvalue weighted by molar-refractivity contribution is 5.96. The average molecular weight is 379 g/mol. The lowest BCUT2D eigenvalue weighted by molar-refractivity contribution is -0.137. The lowest BCUT2D eigenvalue weighted by Gasteiger charge is -2.20. The molecule has 1 saturated carbocycles. The maximum absolute atomic E-state index is 13.2. The molecule has 0 aliphatic heterocycles. The van der Waals surface area contributed by atoms with Crippen LogP contribution in [0.4, 0.5) is 13.2 Å². The van der Waals surface area contributed by atoms with Crippen LogP contribution in [0.1, 0.15) is 55.2 Å². The number of aromatic nitrogens is 2. The number of hydrogen-bond acceptors (Lipinski definition) is 1. The van der Waals surface area contributed by atoms with Gasteiger partial charge in [-0.3, -0.25) is 14.2 Å². The minimum atomic E-state index is -4.60. The first kappa shape index (κ1) is 19.5. The summed E-state index contributed by atoms with van der Waals surface area (Å²) in [5.41, 5.74) is -0.195. The van der Waals surface area contributed by atoms with Gasteiger partial charge in [0, 0.05) is 30.8 Å². The van der Waals surface area contributed by atoms with Gasteiger partial charge in [0.25, 0.3) is 5.91 Å². The van der Waals surface area contributed by atoms with Gasteiger partial charge in [0.05, 0.1) is 11.1 Å². The summed E-state index contributed by atoms with van der Waals surface area (Å²) in [5.74, 6) is -0.346. The zero-order valence-electron chi connectivity index (χ0n) is 16.0. The fourth-order valence-electron chi connectivity index (χ4n) is 3.21. The molecule has 146 valence electrons. The minimum absolute atomic E-state index is 0.180. The summed E-state index contributed by atoms with van der Waals surface area (Å²) in [6.07, 6.45) is -2.36. The molecule has 0 saturated heterocycles. The van der Waals surface area contributed by atoms with Crippen molar-refractivity contribution in [2.45, 2.75) is 51.7 Å². The Morgan fingerprint density at radius 3 is 2.37 bits per heavy atom. The van der Waals surface area contributed by atoms with Gasteiger partial charge < -0.3 is 0 Å². The molecule has 7 heteroatoms. The monoisotopic (exact) mass is 379 g/mol. The van der Waals surface area contributed by atoms with Crippen molar-refractivity contribution in [3.05, 3.63) is 52.6 Å². The molecule has 3 rings (SSSR count). The minimum Gasteiger partial charge on any atom is -0.291 e. The third-order valence-corrected chi connectivity index (χ3v) is 4.82. The van der Waals surface area contributed by atoms with Crippen molar-refractivity contribution in [1.82, 2.24) is 9.36 Å². The summed E-state index contributed by atoms with van der Waals surface area (Å²) in [6.45, 7) is 6.86. The van der Waals surface area contributed by atoms with Gasteiger partial charge in [-0.25, -0.2) is 0 Å². The Morgan fingerprint density at radius 2 is 1.81 bits per heavy atom. The number of alkyl halides is 3. The molecule has 0 bridgehead atoms. The molecule has 27 heavy (non-hydrogen) atoms. The van der Waals surface area contributed by atoms with Crippen molar-refractivity contribution < 1.29 is 18.0 Å². The van der Waals surface area contributed by atoms with Crippen LogP contribution in [0.3, 0.4) is 0 Å². The number of carbonyl (C=O) groups excluding carboxylic acids is 1. The largest absolute Gasteiger partial charge is 0.417 e. The molecule has 0 atom stereocenters. The van der Waals surface area contributed by atoms with Crippen molar-refractivity contribution >= 4 is 5.91 Å². The van der Waals surface area contributed by atoms with Crippen LogP contribution in [-0.4, -0.2) is 15.3 Å². The Kier molecular flexibility index (Phi) is 4.82. The second kappa shape index (κ2) is 6.69. The summed E-state index contributed by atoms with van der Waals surface area (Å²) < 4.78 is 43.5. The molecule has 1 aromatic heterocycles. The number of amides is 1. The number of hydrogen-bond donors (Lipinski definition) is 0. The second-order valence-electron chi connectivity index (χ2n) is 8.15. The molecule has 1 aliphatic rings. The highest BCUT2D eigenvalue weighted by Crippen LogP contribution is 2.32. The van der Waals surface area contributed by atoms with Gasteiger partial charge in [0.1, 0.15) is 0 Å². The molecule has 0 radical (unpaired) electrons. The third-order valence-electron chi connectivity index (χ3n) is 4.82. The van der Waals surface area contributed by atoms with Crippen LogP contribution in [-0.2, 0) is 25.2 Å². The summed E-state index contributed by atoms with van der Waals surface area (Å²) in [4.78, 5) is 16.7. The van der Waals surface area contributed by atoms with E-state index < -0.39 is 23.2 Å². The topological polar surface area (TPSA) is 39.3 Å². The van der Waals surface area contributed by atoms with Gasteiger partial charge in [-0.1, -0.05) is 32.9 Å². The standard InChI is InChI=1S/C20H24F3N3O/c1-19(2,3)16-11-17(26(25(16)4)12-13-9-10-13)24-18(27)14-7-5-6-8-15(14)20(21,22)23/h5-8,11,13H,9-10,12H2,1-4H3/b24-17+. The Labute approximate surface area is 156 Å². The van der Waals surface area contributed by atoms with Gasteiger partial charge in [0.2, 0.25) is 0 Å². The van der Waals surface area contributed by atoms with E-state index >= 15 is 0 Å². The van der Waals surface area contributed by atoms with Gasteiger partial charge in [-0.2, -0.15) is 18.2 Å². The predicted molar refractivity (Wildman–Crippen MR) is 96.2 cm³/mol.